The fourth-order valence-corrected chi connectivity index (χ4v) is 3.90. The van der Waals surface area contributed by atoms with E-state index in [1.54, 1.807) is 20.1 Å². The maximum Gasteiger partial charge on any atom is 0.410 e. The third-order valence-electron chi connectivity index (χ3n) is 5.06. The molecule has 9 heteroatoms. The van der Waals surface area contributed by atoms with Crippen molar-refractivity contribution in [3.05, 3.63) is 57.1 Å². The number of amides is 1. The topological polar surface area (TPSA) is 115 Å². The molecule has 2 aromatic rings. The van der Waals surface area contributed by atoms with Gasteiger partial charge in [0, 0.05) is 29.0 Å². The lowest BCUT2D eigenvalue weighted by atomic mass is 9.94. The van der Waals surface area contributed by atoms with Crippen molar-refractivity contribution in [1.82, 2.24) is 5.32 Å². The summed E-state index contributed by atoms with van der Waals surface area (Å²) >= 11 is 1.51. The summed E-state index contributed by atoms with van der Waals surface area (Å²) in [6.45, 7) is 3.58. The van der Waals surface area contributed by atoms with Gasteiger partial charge in [0.25, 0.3) is 0 Å². The number of rotatable bonds is 11. The first-order valence-corrected chi connectivity index (χ1v) is 11.1. The number of carbonyl (C=O) groups excluding carboxylic acids is 2. The molecule has 32 heavy (non-hydrogen) atoms. The molecule has 0 aromatic carbocycles. The van der Waals surface area contributed by atoms with Crippen molar-refractivity contribution in [2.75, 3.05) is 14.2 Å². The lowest BCUT2D eigenvalue weighted by Crippen LogP contribution is -2.21. The number of allylic oxidation sites excluding steroid dienone is 1. The molecule has 1 amide bonds. The standard InChI is InChI=1S/C23H29NO7S/c1-14(7-5-6-12-24-23(28)30-4)18-13-17(25)20(22(27)31-18)21(26)15(2)8-9-16-10-11-19(29-3)32-16/h6,10-15,25H,5,7-9H2,1-4H3,(H,24,28)/b12-6+. The summed E-state index contributed by atoms with van der Waals surface area (Å²) in [5.74, 6) is -1.12. The van der Waals surface area contributed by atoms with Gasteiger partial charge < -0.3 is 19.0 Å². The van der Waals surface area contributed by atoms with Gasteiger partial charge in [0.15, 0.2) is 10.8 Å². The van der Waals surface area contributed by atoms with E-state index in [1.807, 2.05) is 19.1 Å². The van der Waals surface area contributed by atoms with Crippen molar-refractivity contribution in [2.24, 2.45) is 5.92 Å². The van der Waals surface area contributed by atoms with E-state index < -0.39 is 23.4 Å². The van der Waals surface area contributed by atoms with Crippen molar-refractivity contribution in [3.8, 4) is 10.8 Å². The van der Waals surface area contributed by atoms with Crippen LogP contribution in [0.2, 0.25) is 0 Å². The summed E-state index contributed by atoms with van der Waals surface area (Å²) in [6, 6.07) is 5.16. The molecule has 0 saturated carbocycles. The minimum Gasteiger partial charge on any atom is -0.507 e. The van der Waals surface area contributed by atoms with E-state index in [9.17, 15) is 19.5 Å². The monoisotopic (exact) mass is 463 g/mol. The lowest BCUT2D eigenvalue weighted by molar-refractivity contribution is 0.0916. The maximum absolute atomic E-state index is 12.8. The highest BCUT2D eigenvalue weighted by molar-refractivity contribution is 7.13. The number of aromatic hydroxyl groups is 1. The number of alkyl carbamates (subject to hydrolysis) is 1. The normalized spacial score (nSPS) is 13.0. The van der Waals surface area contributed by atoms with Gasteiger partial charge in [-0.2, -0.15) is 0 Å². The van der Waals surface area contributed by atoms with E-state index in [-0.39, 0.29) is 17.2 Å². The molecule has 0 aliphatic carbocycles. The quantitative estimate of drug-likeness (QED) is 0.467. The second-order valence-corrected chi connectivity index (χ2v) is 8.57. The first-order valence-electron chi connectivity index (χ1n) is 10.3. The lowest BCUT2D eigenvalue weighted by Gasteiger charge is -2.13. The van der Waals surface area contributed by atoms with Crippen LogP contribution in [0.4, 0.5) is 4.79 Å². The smallest absolute Gasteiger partial charge is 0.410 e. The zero-order valence-corrected chi connectivity index (χ0v) is 19.5. The predicted octanol–water partition coefficient (Wildman–Crippen LogP) is 4.62. The Morgan fingerprint density at radius 2 is 2.00 bits per heavy atom. The molecule has 8 nitrogen and oxygen atoms in total. The van der Waals surface area contributed by atoms with Crippen LogP contribution >= 0.6 is 11.3 Å². The highest BCUT2D eigenvalue weighted by Crippen LogP contribution is 2.28. The molecule has 2 unspecified atom stereocenters. The maximum atomic E-state index is 12.8. The van der Waals surface area contributed by atoms with Crippen LogP contribution in [0.5, 0.6) is 10.8 Å². The van der Waals surface area contributed by atoms with Gasteiger partial charge in [-0.25, -0.2) is 9.59 Å². The fourth-order valence-electron chi connectivity index (χ4n) is 3.06. The summed E-state index contributed by atoms with van der Waals surface area (Å²) < 4.78 is 15.0. The van der Waals surface area contributed by atoms with Gasteiger partial charge in [0.1, 0.15) is 17.1 Å². The van der Waals surface area contributed by atoms with Gasteiger partial charge in [0.2, 0.25) is 0 Å². The first kappa shape index (κ1) is 25.2. The molecule has 2 rings (SSSR count). The van der Waals surface area contributed by atoms with Gasteiger partial charge in [-0.15, -0.1) is 11.3 Å². The van der Waals surface area contributed by atoms with Crippen LogP contribution in [-0.4, -0.2) is 31.2 Å². The number of carbonyl (C=O) groups is 2. The van der Waals surface area contributed by atoms with Gasteiger partial charge in [0.05, 0.1) is 14.2 Å². The Bertz CT molecular complexity index is 1010. The number of ether oxygens (including phenoxy) is 2. The summed E-state index contributed by atoms with van der Waals surface area (Å²) in [4.78, 5) is 37.3. The molecule has 2 aromatic heterocycles. The second-order valence-electron chi connectivity index (χ2n) is 7.44. The molecule has 0 aliphatic rings. The molecule has 0 fully saturated rings. The molecule has 2 atom stereocenters. The highest BCUT2D eigenvalue weighted by Gasteiger charge is 2.25. The van der Waals surface area contributed by atoms with Crippen molar-refractivity contribution >= 4 is 23.2 Å². The Kier molecular flexibility index (Phi) is 9.52. The van der Waals surface area contributed by atoms with Crippen LogP contribution in [0.15, 0.2) is 39.7 Å². The van der Waals surface area contributed by atoms with Crippen molar-refractivity contribution in [2.45, 2.75) is 45.4 Å². The summed E-state index contributed by atoms with van der Waals surface area (Å²) in [7, 11) is 2.88. The molecular formula is C23H29NO7S. The second kappa shape index (κ2) is 12.1. The number of hydrogen-bond acceptors (Lipinski definition) is 8. The fraction of sp³-hybridized carbons (Fsp3) is 0.435. The zero-order chi connectivity index (χ0) is 23.7. The Morgan fingerprint density at radius 1 is 1.25 bits per heavy atom. The number of aryl methyl sites for hydroxylation is 1. The van der Waals surface area contributed by atoms with E-state index >= 15 is 0 Å². The molecule has 0 saturated heterocycles. The Labute approximate surface area is 190 Å². The van der Waals surface area contributed by atoms with Gasteiger partial charge in [-0.3, -0.25) is 10.1 Å². The number of ketones is 1. The molecule has 0 spiro atoms. The van der Waals surface area contributed by atoms with Gasteiger partial charge in [-0.1, -0.05) is 19.9 Å². The molecule has 0 bridgehead atoms. The van der Waals surface area contributed by atoms with Gasteiger partial charge in [-0.05, 0) is 37.8 Å². The van der Waals surface area contributed by atoms with Crippen LogP contribution in [0.1, 0.15) is 60.0 Å². The van der Waals surface area contributed by atoms with Gasteiger partial charge >= 0.3 is 11.7 Å². The molecule has 0 aliphatic heterocycles. The minimum atomic E-state index is -0.829. The minimum absolute atomic E-state index is 0.174. The number of thiophene rings is 1. The number of nitrogens with one attached hydrogen (secondary N) is 1. The number of Topliss-reactive ketones (excluding diaryl/α,β-unsaturated/α-hetero) is 1. The van der Waals surface area contributed by atoms with E-state index in [0.29, 0.717) is 31.4 Å². The summed E-state index contributed by atoms with van der Waals surface area (Å²) in [5, 5.41) is 13.6. The average Bonchev–Trinajstić information content (AvgIpc) is 3.24. The molecule has 2 N–H and O–H groups in total. The van der Waals surface area contributed by atoms with Crippen molar-refractivity contribution < 1.29 is 28.6 Å². The zero-order valence-electron chi connectivity index (χ0n) is 18.7. The first-order chi connectivity index (χ1) is 15.3. The third kappa shape index (κ3) is 6.98. The van der Waals surface area contributed by atoms with E-state index in [0.717, 1.165) is 9.94 Å². The average molecular weight is 464 g/mol. The summed E-state index contributed by atoms with van der Waals surface area (Å²) in [5.41, 5.74) is -1.14. The summed E-state index contributed by atoms with van der Waals surface area (Å²) in [6.07, 6.45) is 5.06. The Morgan fingerprint density at radius 3 is 2.62 bits per heavy atom. The van der Waals surface area contributed by atoms with Crippen molar-refractivity contribution in [3.63, 3.8) is 0 Å². The highest BCUT2D eigenvalue weighted by atomic mass is 32.1. The van der Waals surface area contributed by atoms with E-state index in [4.69, 9.17) is 9.15 Å². The van der Waals surface area contributed by atoms with Crippen LogP contribution in [-0.2, 0) is 11.2 Å². The van der Waals surface area contributed by atoms with Crippen LogP contribution in [0.3, 0.4) is 0 Å². The number of methoxy groups -OCH3 is 2. The Balaban J connectivity index is 1.98. The Hall–Kier alpha value is -3.07. The SMILES string of the molecule is COC(=O)N/C=C/CCC(C)c1cc(O)c(C(=O)C(C)CCc2ccc(OC)s2)c(=O)o1. The largest absolute Gasteiger partial charge is 0.507 e. The molecular weight excluding hydrogens is 434 g/mol. The number of hydrogen-bond donors (Lipinski definition) is 2. The molecule has 0 radical (unpaired) electrons. The molecule has 2 heterocycles. The van der Waals surface area contributed by atoms with E-state index in [2.05, 4.69) is 10.1 Å². The van der Waals surface area contributed by atoms with Crippen LogP contribution < -0.4 is 15.7 Å². The van der Waals surface area contributed by atoms with E-state index in [1.165, 1.54) is 30.7 Å². The predicted molar refractivity (Wildman–Crippen MR) is 122 cm³/mol. The molecule has 174 valence electrons. The van der Waals surface area contributed by atoms with Crippen LogP contribution in [0.25, 0.3) is 0 Å². The van der Waals surface area contributed by atoms with Crippen LogP contribution in [0, 0.1) is 5.92 Å². The third-order valence-corrected chi connectivity index (χ3v) is 6.17. The van der Waals surface area contributed by atoms with Crippen molar-refractivity contribution in [1.29, 1.82) is 0 Å².